The van der Waals surface area contributed by atoms with Gasteiger partial charge in [-0.1, -0.05) is 23.5 Å². The number of carbonyl (C=O) groups excluding carboxylic acids is 1. The minimum atomic E-state index is -3.78. The minimum absolute atomic E-state index is 0.0302. The molecule has 164 valence electrons. The summed E-state index contributed by atoms with van der Waals surface area (Å²) < 4.78 is 41.6. The summed E-state index contributed by atoms with van der Waals surface area (Å²) in [6.07, 6.45) is 1.30. The molecule has 2 aromatic carbocycles. The highest BCUT2D eigenvalue weighted by Gasteiger charge is 2.22. The van der Waals surface area contributed by atoms with E-state index in [1.807, 2.05) is 6.92 Å². The van der Waals surface area contributed by atoms with Gasteiger partial charge in [0.05, 0.1) is 38.3 Å². The van der Waals surface area contributed by atoms with E-state index in [0.717, 1.165) is 11.3 Å². The molecule has 3 rings (SSSR count). The second kappa shape index (κ2) is 9.80. The number of anilines is 1. The fourth-order valence-electron chi connectivity index (χ4n) is 2.79. The van der Waals surface area contributed by atoms with Crippen LogP contribution in [0, 0.1) is 0 Å². The summed E-state index contributed by atoms with van der Waals surface area (Å²) in [5.74, 6) is 1.22. The van der Waals surface area contributed by atoms with E-state index in [-0.39, 0.29) is 26.6 Å². The number of amides is 1. The van der Waals surface area contributed by atoms with E-state index in [0.29, 0.717) is 29.4 Å². The van der Waals surface area contributed by atoms with Crippen LogP contribution in [-0.4, -0.2) is 40.1 Å². The number of benzene rings is 2. The average Bonchev–Trinajstić information content (AvgIpc) is 3.23. The average molecular weight is 463 g/mol. The Morgan fingerprint density at radius 3 is 2.58 bits per heavy atom. The van der Waals surface area contributed by atoms with Crippen molar-refractivity contribution in [2.75, 3.05) is 26.1 Å². The number of ether oxygens (including phenoxy) is 3. The van der Waals surface area contributed by atoms with Crippen molar-refractivity contribution in [1.29, 1.82) is 0 Å². The van der Waals surface area contributed by atoms with Gasteiger partial charge in [-0.15, -0.1) is 0 Å². The Kier molecular flexibility index (Phi) is 7.13. The van der Waals surface area contributed by atoms with Crippen LogP contribution in [-0.2, 0) is 21.1 Å². The highest BCUT2D eigenvalue weighted by Crippen LogP contribution is 2.31. The van der Waals surface area contributed by atoms with Gasteiger partial charge >= 0.3 is 0 Å². The molecular formula is C21H22N2O6S2. The van der Waals surface area contributed by atoms with Crippen LogP contribution in [0.15, 0.2) is 57.8 Å². The first-order valence-corrected chi connectivity index (χ1v) is 11.6. The van der Waals surface area contributed by atoms with Crippen molar-refractivity contribution in [3.8, 4) is 17.2 Å². The van der Waals surface area contributed by atoms with Crippen molar-refractivity contribution in [3.63, 3.8) is 0 Å². The Hall–Kier alpha value is -3.11. The largest absolute Gasteiger partial charge is 0.494 e. The summed E-state index contributed by atoms with van der Waals surface area (Å²) in [5, 5.41) is 2.84. The van der Waals surface area contributed by atoms with Crippen LogP contribution < -0.4 is 19.5 Å². The molecule has 31 heavy (non-hydrogen) atoms. The molecule has 0 saturated heterocycles. The number of rotatable bonds is 9. The summed E-state index contributed by atoms with van der Waals surface area (Å²) in [6.45, 7) is 2.25. The second-order valence-corrected chi connectivity index (χ2v) is 9.52. The third kappa shape index (κ3) is 5.33. The molecule has 0 spiro atoms. The molecule has 8 nitrogen and oxygen atoms in total. The van der Waals surface area contributed by atoms with Crippen LogP contribution in [0.5, 0.6) is 17.2 Å². The van der Waals surface area contributed by atoms with Gasteiger partial charge < -0.3 is 19.5 Å². The molecule has 0 aliphatic carbocycles. The van der Waals surface area contributed by atoms with Crippen molar-refractivity contribution in [2.45, 2.75) is 22.4 Å². The second-order valence-electron chi connectivity index (χ2n) is 6.31. The molecule has 1 heterocycles. The van der Waals surface area contributed by atoms with Crippen LogP contribution in [0.25, 0.3) is 0 Å². The molecular weight excluding hydrogens is 440 g/mol. The fraction of sp³-hybridized carbons (Fsp3) is 0.238. The number of aromatic nitrogens is 1. The molecule has 0 aliphatic rings. The first-order valence-electron chi connectivity index (χ1n) is 9.32. The molecule has 1 aromatic heterocycles. The predicted octanol–water partition coefficient (Wildman–Crippen LogP) is 3.57. The van der Waals surface area contributed by atoms with Crippen LogP contribution in [0.1, 0.15) is 12.5 Å². The lowest BCUT2D eigenvalue weighted by Crippen LogP contribution is -2.14. The Balaban J connectivity index is 1.72. The lowest BCUT2D eigenvalue weighted by molar-refractivity contribution is -0.115. The van der Waals surface area contributed by atoms with Crippen LogP contribution >= 0.6 is 11.3 Å². The summed E-state index contributed by atoms with van der Waals surface area (Å²) in [6, 6.07) is 11.4. The number of hydrogen-bond donors (Lipinski definition) is 1. The lowest BCUT2D eigenvalue weighted by Gasteiger charge is -2.09. The van der Waals surface area contributed by atoms with E-state index >= 15 is 0 Å². The quantitative estimate of drug-likeness (QED) is 0.518. The van der Waals surface area contributed by atoms with E-state index in [2.05, 4.69) is 10.3 Å². The number of hydrogen-bond acceptors (Lipinski definition) is 8. The number of sulfone groups is 1. The maximum absolute atomic E-state index is 12.9. The molecule has 0 radical (unpaired) electrons. The first kappa shape index (κ1) is 22.6. The Morgan fingerprint density at radius 1 is 1.10 bits per heavy atom. The van der Waals surface area contributed by atoms with Gasteiger partial charge in [0.1, 0.15) is 9.96 Å². The minimum Gasteiger partial charge on any atom is -0.494 e. The van der Waals surface area contributed by atoms with Crippen molar-refractivity contribution >= 4 is 32.2 Å². The maximum atomic E-state index is 12.9. The molecule has 0 aliphatic heterocycles. The fourth-order valence-corrected chi connectivity index (χ4v) is 5.28. The Labute approximate surface area is 184 Å². The monoisotopic (exact) mass is 462 g/mol. The Morgan fingerprint density at radius 2 is 1.87 bits per heavy atom. The third-order valence-corrected chi connectivity index (χ3v) is 7.36. The summed E-state index contributed by atoms with van der Waals surface area (Å²) in [4.78, 5) is 16.5. The number of methoxy groups -OCH3 is 2. The zero-order valence-electron chi connectivity index (χ0n) is 17.2. The molecule has 1 amide bonds. The normalized spacial score (nSPS) is 11.1. The maximum Gasteiger partial charge on any atom is 0.230 e. The number of carbonyl (C=O) groups is 1. The predicted molar refractivity (Wildman–Crippen MR) is 117 cm³/mol. The van der Waals surface area contributed by atoms with Gasteiger partial charge in [0.25, 0.3) is 0 Å². The van der Waals surface area contributed by atoms with Crippen molar-refractivity contribution in [2.24, 2.45) is 0 Å². The van der Waals surface area contributed by atoms with Crippen LogP contribution in [0.2, 0.25) is 0 Å². The van der Waals surface area contributed by atoms with Crippen molar-refractivity contribution in [1.82, 2.24) is 4.98 Å². The van der Waals surface area contributed by atoms with E-state index in [4.69, 9.17) is 14.2 Å². The van der Waals surface area contributed by atoms with Gasteiger partial charge in [0.2, 0.25) is 15.7 Å². The summed E-state index contributed by atoms with van der Waals surface area (Å²) in [5.41, 5.74) is 0.715. The number of nitrogens with zero attached hydrogens (tertiary/aromatic N) is 1. The summed E-state index contributed by atoms with van der Waals surface area (Å²) in [7, 11) is -0.726. The standard InChI is InChI=1S/C21H22N2O6S2/c1-4-29-15-6-5-7-16(12-15)31(25,26)20-13-22-21(30-20)23-19(24)11-14-8-9-17(27-2)18(10-14)28-3/h5-10,12-13H,4,11H2,1-3H3,(H,22,23,24). The molecule has 10 heteroatoms. The molecule has 0 saturated carbocycles. The molecule has 0 fully saturated rings. The molecule has 1 N–H and O–H groups in total. The van der Waals surface area contributed by atoms with Crippen molar-refractivity contribution < 1.29 is 27.4 Å². The van der Waals surface area contributed by atoms with Gasteiger partial charge in [-0.25, -0.2) is 13.4 Å². The Bertz CT molecular complexity index is 1170. The van der Waals surface area contributed by atoms with Gasteiger partial charge in [-0.05, 0) is 42.8 Å². The van der Waals surface area contributed by atoms with Crippen LogP contribution in [0.3, 0.4) is 0 Å². The zero-order chi connectivity index (χ0) is 22.4. The first-order chi connectivity index (χ1) is 14.9. The number of nitrogens with one attached hydrogen (secondary N) is 1. The highest BCUT2D eigenvalue weighted by molar-refractivity contribution is 7.93. The topological polar surface area (TPSA) is 104 Å². The zero-order valence-corrected chi connectivity index (χ0v) is 18.9. The third-order valence-electron chi connectivity index (χ3n) is 4.24. The number of thiazole rings is 1. The van der Waals surface area contributed by atoms with Gasteiger partial charge in [-0.2, -0.15) is 0 Å². The lowest BCUT2D eigenvalue weighted by atomic mass is 10.1. The van der Waals surface area contributed by atoms with Crippen molar-refractivity contribution in [3.05, 3.63) is 54.2 Å². The van der Waals surface area contributed by atoms with E-state index in [1.165, 1.54) is 32.5 Å². The van der Waals surface area contributed by atoms with E-state index in [1.54, 1.807) is 30.3 Å². The molecule has 0 bridgehead atoms. The van der Waals surface area contributed by atoms with Gasteiger partial charge in [0, 0.05) is 0 Å². The molecule has 0 atom stereocenters. The molecule has 0 unspecified atom stereocenters. The highest BCUT2D eigenvalue weighted by atomic mass is 32.2. The van der Waals surface area contributed by atoms with E-state index < -0.39 is 9.84 Å². The van der Waals surface area contributed by atoms with E-state index in [9.17, 15) is 13.2 Å². The van der Waals surface area contributed by atoms with Gasteiger partial charge in [-0.3, -0.25) is 4.79 Å². The summed E-state index contributed by atoms with van der Waals surface area (Å²) >= 11 is 0.890. The van der Waals surface area contributed by atoms with Crippen LogP contribution in [0.4, 0.5) is 5.13 Å². The smallest absolute Gasteiger partial charge is 0.230 e. The SMILES string of the molecule is CCOc1cccc(S(=O)(=O)c2cnc(NC(=O)Cc3ccc(OC)c(OC)c3)s2)c1. The molecule has 3 aromatic rings. The van der Waals surface area contributed by atoms with Gasteiger partial charge in [0.15, 0.2) is 16.6 Å².